The minimum atomic E-state index is -1.02. The highest BCUT2D eigenvalue weighted by Crippen LogP contribution is 2.33. The van der Waals surface area contributed by atoms with Gasteiger partial charge in [0.2, 0.25) is 5.82 Å². The van der Waals surface area contributed by atoms with Crippen molar-refractivity contribution >= 4 is 45.7 Å². The summed E-state index contributed by atoms with van der Waals surface area (Å²) in [6, 6.07) is 25.7. The van der Waals surface area contributed by atoms with Crippen LogP contribution in [0.1, 0.15) is 21.5 Å². The van der Waals surface area contributed by atoms with Gasteiger partial charge in [0.15, 0.2) is 5.76 Å². The van der Waals surface area contributed by atoms with Crippen LogP contribution in [0.4, 0.5) is 0 Å². The summed E-state index contributed by atoms with van der Waals surface area (Å²) in [6.07, 6.45) is 1.46. The molecule has 2 aromatic heterocycles. The number of para-hydroxylation sites is 1. The topological polar surface area (TPSA) is 116 Å². The van der Waals surface area contributed by atoms with Crippen molar-refractivity contribution in [3.8, 4) is 23.1 Å². The molecule has 6 rings (SSSR count). The molecule has 9 nitrogen and oxygen atoms in total. The monoisotopic (exact) mass is 579 g/mol. The molecular weight excluding hydrogens is 558 g/mol. The lowest BCUT2D eigenvalue weighted by atomic mass is 10.1. The van der Waals surface area contributed by atoms with Crippen LogP contribution >= 0.6 is 11.6 Å². The molecule has 4 aromatic carbocycles. The van der Waals surface area contributed by atoms with Crippen LogP contribution in [-0.4, -0.2) is 34.1 Å². The molecule has 0 aliphatic carbocycles. The average Bonchev–Trinajstić information content (AvgIpc) is 3.45. The maximum absolute atomic E-state index is 13.7. The van der Waals surface area contributed by atoms with Crippen molar-refractivity contribution in [2.24, 2.45) is 5.10 Å². The summed E-state index contributed by atoms with van der Waals surface area (Å²) in [5.74, 6) is 0.555. The fourth-order valence-corrected chi connectivity index (χ4v) is 4.72. The number of halogens is 1. The van der Waals surface area contributed by atoms with E-state index in [4.69, 9.17) is 30.5 Å². The molecule has 0 aliphatic heterocycles. The van der Waals surface area contributed by atoms with Gasteiger partial charge in [-0.3, -0.25) is 4.79 Å². The minimum Gasteiger partial charge on any atom is -0.496 e. The second-order valence-electron chi connectivity index (χ2n) is 9.27. The fraction of sp³-hybridized carbons (Fsp3) is 0.0625. The molecule has 0 bridgehead atoms. The van der Waals surface area contributed by atoms with Crippen molar-refractivity contribution in [1.82, 2.24) is 9.66 Å². The number of carboxylic acid groups (broad SMARTS) is 1. The Kier molecular flexibility index (Phi) is 7.16. The first-order chi connectivity index (χ1) is 20.4. The van der Waals surface area contributed by atoms with E-state index in [1.165, 1.54) is 17.0 Å². The van der Waals surface area contributed by atoms with E-state index in [-0.39, 0.29) is 18.0 Å². The molecule has 0 amide bonds. The molecular formula is C32H22ClN3O6. The van der Waals surface area contributed by atoms with E-state index in [2.05, 4.69) is 5.10 Å². The Hall–Kier alpha value is -5.41. The van der Waals surface area contributed by atoms with Crippen LogP contribution in [0.5, 0.6) is 11.5 Å². The summed E-state index contributed by atoms with van der Waals surface area (Å²) in [6.45, 7) is 0.104. The predicted octanol–water partition coefficient (Wildman–Crippen LogP) is 6.63. The van der Waals surface area contributed by atoms with Crippen LogP contribution in [0.15, 0.2) is 105 Å². The summed E-state index contributed by atoms with van der Waals surface area (Å²) in [5, 5.41) is 15.4. The van der Waals surface area contributed by atoms with E-state index in [1.807, 2.05) is 12.1 Å². The molecule has 0 unspecified atom stereocenters. The second kappa shape index (κ2) is 11.2. The average molecular weight is 580 g/mol. The van der Waals surface area contributed by atoms with Gasteiger partial charge in [0.1, 0.15) is 23.7 Å². The van der Waals surface area contributed by atoms with Crippen molar-refractivity contribution in [2.45, 2.75) is 6.61 Å². The number of aromatic nitrogens is 2. The Morgan fingerprint density at radius 2 is 1.83 bits per heavy atom. The van der Waals surface area contributed by atoms with Crippen LogP contribution in [0, 0.1) is 0 Å². The van der Waals surface area contributed by atoms with Crippen LogP contribution < -0.4 is 15.0 Å². The zero-order valence-electron chi connectivity index (χ0n) is 22.2. The minimum absolute atomic E-state index is 0.104. The third kappa shape index (κ3) is 5.21. The standard InChI is InChI=1S/C32H22ClN3O6/c1-40-27-10-5-11-28-24(27)16-29(42-28)30-35-25-9-3-2-8-23(25)31(37)36(30)34-17-21-15-22(33)12-13-26(21)41-18-19-6-4-7-20(14-19)32(38)39/h2-17H,18H2,1H3,(H,38,39). The zero-order valence-corrected chi connectivity index (χ0v) is 22.9. The molecule has 2 heterocycles. The van der Waals surface area contributed by atoms with Crippen LogP contribution in [0.25, 0.3) is 33.5 Å². The molecule has 10 heteroatoms. The number of hydrogen-bond acceptors (Lipinski definition) is 7. The first-order valence-corrected chi connectivity index (χ1v) is 13.2. The number of carbonyl (C=O) groups is 1. The third-order valence-electron chi connectivity index (χ3n) is 6.57. The quantitative estimate of drug-likeness (QED) is 0.201. The van der Waals surface area contributed by atoms with Crippen molar-refractivity contribution in [3.05, 3.63) is 123 Å². The number of ether oxygens (including phenoxy) is 2. The Morgan fingerprint density at radius 1 is 1.00 bits per heavy atom. The number of nitrogens with zero attached hydrogens (tertiary/aromatic N) is 3. The smallest absolute Gasteiger partial charge is 0.335 e. The highest BCUT2D eigenvalue weighted by Gasteiger charge is 2.18. The zero-order chi connectivity index (χ0) is 29.2. The van der Waals surface area contributed by atoms with Gasteiger partial charge in [0, 0.05) is 10.6 Å². The molecule has 42 heavy (non-hydrogen) atoms. The number of carboxylic acids is 1. The number of benzene rings is 4. The molecule has 0 radical (unpaired) electrons. The van der Waals surface area contributed by atoms with Crippen LogP contribution in [-0.2, 0) is 6.61 Å². The Labute approximate surface area is 243 Å². The van der Waals surface area contributed by atoms with Gasteiger partial charge in [0.25, 0.3) is 5.56 Å². The second-order valence-corrected chi connectivity index (χ2v) is 9.71. The largest absolute Gasteiger partial charge is 0.496 e. The Morgan fingerprint density at radius 3 is 2.67 bits per heavy atom. The van der Waals surface area contributed by atoms with Gasteiger partial charge in [-0.1, -0.05) is 41.9 Å². The van der Waals surface area contributed by atoms with Gasteiger partial charge in [-0.2, -0.15) is 9.78 Å². The SMILES string of the molecule is COc1cccc2oc(-c3nc4ccccc4c(=O)n3N=Cc3cc(Cl)ccc3OCc3cccc(C(=O)O)c3)cc12. The maximum atomic E-state index is 13.7. The molecule has 208 valence electrons. The van der Waals surface area contributed by atoms with Gasteiger partial charge < -0.3 is 19.0 Å². The van der Waals surface area contributed by atoms with Crippen molar-refractivity contribution in [3.63, 3.8) is 0 Å². The van der Waals surface area contributed by atoms with Gasteiger partial charge in [-0.15, -0.1) is 0 Å². The molecule has 0 fully saturated rings. The number of fused-ring (bicyclic) bond motifs is 2. The number of methoxy groups -OCH3 is 1. The third-order valence-corrected chi connectivity index (χ3v) is 6.80. The van der Waals surface area contributed by atoms with E-state index in [0.717, 1.165) is 5.39 Å². The van der Waals surface area contributed by atoms with Gasteiger partial charge in [-0.05, 0) is 66.2 Å². The van der Waals surface area contributed by atoms with Crippen LogP contribution in [0.3, 0.4) is 0 Å². The van der Waals surface area contributed by atoms with Gasteiger partial charge >= 0.3 is 5.97 Å². The Balaban J connectivity index is 1.42. The molecule has 0 saturated heterocycles. The maximum Gasteiger partial charge on any atom is 0.335 e. The molecule has 0 spiro atoms. The summed E-state index contributed by atoms with van der Waals surface area (Å²) in [7, 11) is 1.57. The van der Waals surface area contributed by atoms with Crippen molar-refractivity contribution < 1.29 is 23.8 Å². The summed E-state index contributed by atoms with van der Waals surface area (Å²) >= 11 is 6.29. The van der Waals surface area contributed by atoms with Crippen molar-refractivity contribution in [1.29, 1.82) is 0 Å². The highest BCUT2D eigenvalue weighted by atomic mass is 35.5. The van der Waals surface area contributed by atoms with E-state index in [9.17, 15) is 14.7 Å². The molecule has 0 aliphatic rings. The van der Waals surface area contributed by atoms with E-state index in [1.54, 1.807) is 79.9 Å². The first-order valence-electron chi connectivity index (χ1n) is 12.8. The summed E-state index contributed by atoms with van der Waals surface area (Å²) < 4.78 is 18.7. The molecule has 0 atom stereocenters. The number of rotatable bonds is 8. The molecule has 1 N–H and O–H groups in total. The number of furan rings is 1. The van der Waals surface area contributed by atoms with Crippen molar-refractivity contribution in [2.75, 3.05) is 7.11 Å². The van der Waals surface area contributed by atoms with Crippen LogP contribution in [0.2, 0.25) is 5.02 Å². The van der Waals surface area contributed by atoms with E-state index < -0.39 is 11.5 Å². The summed E-state index contributed by atoms with van der Waals surface area (Å²) in [5.41, 5.74) is 1.99. The lowest BCUT2D eigenvalue weighted by Gasteiger charge is -2.11. The highest BCUT2D eigenvalue weighted by molar-refractivity contribution is 6.30. The number of aromatic carboxylic acids is 1. The first kappa shape index (κ1) is 26.8. The normalized spacial score (nSPS) is 11.4. The number of hydrogen-bond donors (Lipinski definition) is 1. The van der Waals surface area contributed by atoms with E-state index >= 15 is 0 Å². The van der Waals surface area contributed by atoms with Gasteiger partial charge in [0.05, 0.1) is 35.2 Å². The molecule has 6 aromatic rings. The fourth-order valence-electron chi connectivity index (χ4n) is 4.54. The van der Waals surface area contributed by atoms with Gasteiger partial charge in [-0.25, -0.2) is 9.78 Å². The lowest BCUT2D eigenvalue weighted by Crippen LogP contribution is -2.20. The Bertz CT molecular complexity index is 2060. The lowest BCUT2D eigenvalue weighted by molar-refractivity contribution is 0.0696. The van der Waals surface area contributed by atoms with E-state index in [0.29, 0.717) is 49.9 Å². The predicted molar refractivity (Wildman–Crippen MR) is 160 cm³/mol. The molecule has 0 saturated carbocycles. The summed E-state index contributed by atoms with van der Waals surface area (Å²) in [4.78, 5) is 29.7.